The molecule has 1 aromatic heterocycles. The number of benzene rings is 1. The van der Waals surface area contributed by atoms with Crippen LogP contribution in [-0.2, 0) is 12.8 Å². The van der Waals surface area contributed by atoms with Crippen molar-refractivity contribution in [2.45, 2.75) is 25.0 Å². The Morgan fingerprint density at radius 1 is 1.24 bits per heavy atom. The van der Waals surface area contributed by atoms with Crippen LogP contribution in [0.1, 0.15) is 21.6 Å². The van der Waals surface area contributed by atoms with Crippen molar-refractivity contribution in [1.82, 2.24) is 10.3 Å². The second-order valence-electron chi connectivity index (χ2n) is 5.31. The molecular formula is C17H22Cl2FN3O2. The predicted molar refractivity (Wildman–Crippen MR) is 99.9 cm³/mol. The SMILES string of the molecule is CNC(=O)c1cccnc1C[C@H](O)[C@H](N)Cc1ccccc1F.Cl.Cl. The van der Waals surface area contributed by atoms with Gasteiger partial charge in [0.2, 0.25) is 0 Å². The van der Waals surface area contributed by atoms with Gasteiger partial charge in [-0.1, -0.05) is 18.2 Å². The summed E-state index contributed by atoms with van der Waals surface area (Å²) < 4.78 is 13.7. The molecule has 0 radical (unpaired) electrons. The van der Waals surface area contributed by atoms with Crippen molar-refractivity contribution in [1.29, 1.82) is 0 Å². The number of aromatic nitrogens is 1. The Labute approximate surface area is 158 Å². The number of aliphatic hydroxyl groups is 1. The van der Waals surface area contributed by atoms with E-state index in [0.29, 0.717) is 16.8 Å². The van der Waals surface area contributed by atoms with Crippen LogP contribution in [0.4, 0.5) is 4.39 Å². The Bertz CT molecular complexity index is 688. The number of pyridine rings is 1. The molecule has 5 nitrogen and oxygen atoms in total. The molecule has 0 unspecified atom stereocenters. The molecule has 0 fully saturated rings. The van der Waals surface area contributed by atoms with Gasteiger partial charge in [0.05, 0.1) is 17.4 Å². The van der Waals surface area contributed by atoms with Crippen LogP contribution in [0.15, 0.2) is 42.6 Å². The fourth-order valence-electron chi connectivity index (χ4n) is 2.35. The third kappa shape index (κ3) is 6.25. The molecule has 0 aliphatic carbocycles. The molecule has 1 heterocycles. The summed E-state index contributed by atoms with van der Waals surface area (Å²) in [5.41, 5.74) is 7.29. The number of carbonyl (C=O) groups excluding carboxylic acids is 1. The van der Waals surface area contributed by atoms with Crippen LogP contribution in [0.5, 0.6) is 0 Å². The minimum atomic E-state index is -0.937. The number of nitrogens with one attached hydrogen (secondary N) is 1. The van der Waals surface area contributed by atoms with Crippen LogP contribution < -0.4 is 11.1 Å². The van der Waals surface area contributed by atoms with Crippen molar-refractivity contribution in [3.8, 4) is 0 Å². The first kappa shape index (κ1) is 23.3. The van der Waals surface area contributed by atoms with E-state index in [1.807, 2.05) is 0 Å². The highest BCUT2D eigenvalue weighted by molar-refractivity contribution is 5.95. The van der Waals surface area contributed by atoms with Crippen LogP contribution in [0.2, 0.25) is 0 Å². The Morgan fingerprint density at radius 3 is 2.56 bits per heavy atom. The molecule has 138 valence electrons. The number of amides is 1. The van der Waals surface area contributed by atoms with Gasteiger partial charge < -0.3 is 16.2 Å². The van der Waals surface area contributed by atoms with E-state index in [-0.39, 0.29) is 49.4 Å². The first-order chi connectivity index (χ1) is 11.0. The zero-order chi connectivity index (χ0) is 16.8. The third-order valence-corrected chi connectivity index (χ3v) is 3.67. The van der Waals surface area contributed by atoms with Crippen molar-refractivity contribution in [2.24, 2.45) is 5.73 Å². The van der Waals surface area contributed by atoms with E-state index in [9.17, 15) is 14.3 Å². The zero-order valence-corrected chi connectivity index (χ0v) is 15.3. The van der Waals surface area contributed by atoms with E-state index in [1.54, 1.807) is 36.5 Å². The number of nitrogens with zero attached hydrogens (tertiary/aromatic N) is 1. The van der Waals surface area contributed by atoms with Crippen LogP contribution in [0, 0.1) is 5.82 Å². The smallest absolute Gasteiger partial charge is 0.252 e. The molecule has 0 saturated heterocycles. The molecule has 0 spiro atoms. The lowest BCUT2D eigenvalue weighted by Gasteiger charge is -2.19. The molecule has 2 atom stereocenters. The Morgan fingerprint density at radius 2 is 1.92 bits per heavy atom. The van der Waals surface area contributed by atoms with Crippen LogP contribution in [0.3, 0.4) is 0 Å². The first-order valence-electron chi connectivity index (χ1n) is 7.36. The lowest BCUT2D eigenvalue weighted by atomic mass is 9.97. The van der Waals surface area contributed by atoms with Gasteiger partial charge in [0, 0.05) is 25.7 Å². The number of nitrogens with two attached hydrogens (primary N) is 1. The molecule has 0 aliphatic rings. The van der Waals surface area contributed by atoms with Crippen molar-refractivity contribution in [3.63, 3.8) is 0 Å². The monoisotopic (exact) mass is 389 g/mol. The van der Waals surface area contributed by atoms with E-state index in [1.165, 1.54) is 13.1 Å². The first-order valence-corrected chi connectivity index (χ1v) is 7.36. The normalized spacial score (nSPS) is 12.3. The predicted octanol–water partition coefficient (Wildman–Crippen LogP) is 1.90. The molecule has 0 saturated carbocycles. The summed E-state index contributed by atoms with van der Waals surface area (Å²) in [5.74, 6) is -0.623. The highest BCUT2D eigenvalue weighted by Crippen LogP contribution is 2.14. The maximum absolute atomic E-state index is 13.7. The summed E-state index contributed by atoms with van der Waals surface area (Å²) in [5, 5.41) is 12.8. The number of hydrogen-bond acceptors (Lipinski definition) is 4. The average molecular weight is 390 g/mol. The lowest BCUT2D eigenvalue weighted by Crippen LogP contribution is -2.39. The van der Waals surface area contributed by atoms with E-state index < -0.39 is 12.1 Å². The number of halogens is 3. The van der Waals surface area contributed by atoms with Gasteiger partial charge >= 0.3 is 0 Å². The van der Waals surface area contributed by atoms with E-state index in [2.05, 4.69) is 10.3 Å². The van der Waals surface area contributed by atoms with Gasteiger partial charge in [-0.25, -0.2) is 4.39 Å². The largest absolute Gasteiger partial charge is 0.391 e. The summed E-state index contributed by atoms with van der Waals surface area (Å²) in [4.78, 5) is 16.0. The summed E-state index contributed by atoms with van der Waals surface area (Å²) in [6.07, 6.45) is 0.944. The Kier molecular flexibility index (Phi) is 10.2. The summed E-state index contributed by atoms with van der Waals surface area (Å²) in [6.45, 7) is 0. The summed E-state index contributed by atoms with van der Waals surface area (Å²) >= 11 is 0. The van der Waals surface area contributed by atoms with Gasteiger partial charge in [-0.15, -0.1) is 24.8 Å². The number of aliphatic hydroxyl groups excluding tert-OH is 1. The van der Waals surface area contributed by atoms with Crippen LogP contribution >= 0.6 is 24.8 Å². The molecule has 2 aromatic rings. The maximum atomic E-state index is 13.7. The fourth-order valence-corrected chi connectivity index (χ4v) is 2.35. The van der Waals surface area contributed by atoms with Gasteiger partial charge in [-0.05, 0) is 30.2 Å². The van der Waals surface area contributed by atoms with Gasteiger partial charge in [-0.2, -0.15) is 0 Å². The zero-order valence-electron chi connectivity index (χ0n) is 13.7. The van der Waals surface area contributed by atoms with Gasteiger partial charge in [0.15, 0.2) is 0 Å². The van der Waals surface area contributed by atoms with Crippen molar-refractivity contribution in [3.05, 3.63) is 65.2 Å². The molecule has 1 amide bonds. The lowest BCUT2D eigenvalue weighted by molar-refractivity contribution is 0.0959. The fraction of sp³-hybridized carbons (Fsp3) is 0.294. The van der Waals surface area contributed by atoms with Gasteiger partial charge in [0.1, 0.15) is 5.82 Å². The highest BCUT2D eigenvalue weighted by Gasteiger charge is 2.20. The number of rotatable bonds is 6. The van der Waals surface area contributed by atoms with E-state index >= 15 is 0 Å². The molecule has 1 aromatic carbocycles. The Hall–Kier alpha value is -1.73. The maximum Gasteiger partial charge on any atom is 0.252 e. The van der Waals surface area contributed by atoms with Crippen molar-refractivity contribution >= 4 is 30.7 Å². The second-order valence-corrected chi connectivity index (χ2v) is 5.31. The van der Waals surface area contributed by atoms with Crippen molar-refractivity contribution in [2.75, 3.05) is 7.05 Å². The average Bonchev–Trinajstić information content (AvgIpc) is 2.56. The molecule has 0 aliphatic heterocycles. The van der Waals surface area contributed by atoms with Gasteiger partial charge in [-0.3, -0.25) is 9.78 Å². The van der Waals surface area contributed by atoms with E-state index in [4.69, 9.17) is 5.73 Å². The topological polar surface area (TPSA) is 88.2 Å². The molecule has 4 N–H and O–H groups in total. The molecular weight excluding hydrogens is 368 g/mol. The molecule has 25 heavy (non-hydrogen) atoms. The minimum Gasteiger partial charge on any atom is -0.391 e. The van der Waals surface area contributed by atoms with Crippen LogP contribution in [0.25, 0.3) is 0 Å². The minimum absolute atomic E-state index is 0. The van der Waals surface area contributed by atoms with Gasteiger partial charge in [0.25, 0.3) is 5.91 Å². The number of carbonyl (C=O) groups is 1. The Balaban J connectivity index is 0.00000288. The van der Waals surface area contributed by atoms with Crippen LogP contribution in [-0.4, -0.2) is 35.2 Å². The standard InChI is InChI=1S/C17H20FN3O2.2ClH/c1-20-17(23)12-6-4-8-21-15(12)10-16(22)14(19)9-11-5-2-3-7-13(11)18;;/h2-8,14,16,22H,9-10,19H2,1H3,(H,20,23);2*1H/t14-,16+;;/m1../s1. The summed E-state index contributed by atoms with van der Waals surface area (Å²) in [6, 6.07) is 8.95. The molecule has 8 heteroatoms. The van der Waals surface area contributed by atoms with Crippen molar-refractivity contribution < 1.29 is 14.3 Å². The highest BCUT2D eigenvalue weighted by atomic mass is 35.5. The third-order valence-electron chi connectivity index (χ3n) is 3.67. The number of hydrogen-bond donors (Lipinski definition) is 3. The quantitative estimate of drug-likeness (QED) is 0.703. The molecule has 0 bridgehead atoms. The van der Waals surface area contributed by atoms with E-state index in [0.717, 1.165) is 0 Å². The summed E-state index contributed by atoms with van der Waals surface area (Å²) in [7, 11) is 1.53. The molecule has 2 rings (SSSR count). The second kappa shape index (κ2) is 11.0.